The summed E-state index contributed by atoms with van der Waals surface area (Å²) in [5.74, 6) is -0.519. The predicted octanol–water partition coefficient (Wildman–Crippen LogP) is 8.13. The van der Waals surface area contributed by atoms with Crippen LogP contribution in [-0.2, 0) is 5.41 Å². The summed E-state index contributed by atoms with van der Waals surface area (Å²) in [6, 6.07) is 29.0. The van der Waals surface area contributed by atoms with Crippen LogP contribution in [0.4, 0.5) is 26.3 Å². The molecule has 0 aliphatic heterocycles. The van der Waals surface area contributed by atoms with Crippen molar-refractivity contribution in [2.24, 2.45) is 10.7 Å². The summed E-state index contributed by atoms with van der Waals surface area (Å²) in [5, 5.41) is 0. The minimum atomic E-state index is -5.10. The van der Waals surface area contributed by atoms with E-state index in [1.165, 1.54) is 0 Å². The number of benzene rings is 4. The van der Waals surface area contributed by atoms with Crippen molar-refractivity contribution in [3.05, 3.63) is 131 Å². The molecular formula is C31H20F6N2. The van der Waals surface area contributed by atoms with Crippen LogP contribution < -0.4 is 5.73 Å². The Morgan fingerprint density at radius 1 is 0.667 bits per heavy atom. The van der Waals surface area contributed by atoms with Crippen LogP contribution in [0.25, 0.3) is 22.3 Å². The van der Waals surface area contributed by atoms with E-state index in [9.17, 15) is 26.3 Å². The summed E-state index contributed by atoms with van der Waals surface area (Å²) in [4.78, 5) is 3.43. The number of hydrogen-bond donors (Lipinski definition) is 1. The Bertz CT molecular complexity index is 1610. The van der Waals surface area contributed by atoms with Gasteiger partial charge in [0.15, 0.2) is 0 Å². The molecule has 4 aromatic rings. The third kappa shape index (κ3) is 3.85. The normalized spacial score (nSPS) is 15.6. The molecule has 4 aromatic carbocycles. The molecule has 0 saturated carbocycles. The van der Waals surface area contributed by atoms with Gasteiger partial charge in [-0.2, -0.15) is 26.3 Å². The van der Waals surface area contributed by atoms with E-state index in [1.54, 1.807) is 18.2 Å². The van der Waals surface area contributed by atoms with E-state index in [0.717, 1.165) is 44.5 Å². The van der Waals surface area contributed by atoms with Crippen molar-refractivity contribution in [1.82, 2.24) is 0 Å². The lowest BCUT2D eigenvalue weighted by Gasteiger charge is -2.30. The quantitative estimate of drug-likeness (QED) is 0.139. The number of allylic oxidation sites excluding steroid dienone is 2. The lowest BCUT2D eigenvalue weighted by Crippen LogP contribution is -2.26. The van der Waals surface area contributed by atoms with Crippen LogP contribution in [0.3, 0.4) is 0 Å². The van der Waals surface area contributed by atoms with Crippen molar-refractivity contribution in [2.75, 3.05) is 0 Å². The van der Waals surface area contributed by atoms with Crippen LogP contribution >= 0.6 is 0 Å². The molecule has 196 valence electrons. The number of halogens is 6. The second-order valence-corrected chi connectivity index (χ2v) is 9.55. The minimum Gasteiger partial charge on any atom is -0.383 e. The molecule has 2 N–H and O–H groups in total. The number of nitrogens with two attached hydrogens (primary N) is 1. The van der Waals surface area contributed by atoms with E-state index in [4.69, 9.17) is 5.73 Å². The number of fused-ring (bicyclic) bond motifs is 10. The first-order chi connectivity index (χ1) is 18.5. The van der Waals surface area contributed by atoms with Crippen molar-refractivity contribution in [2.45, 2.75) is 24.2 Å². The maximum atomic E-state index is 13.5. The molecule has 8 heteroatoms. The Labute approximate surface area is 220 Å². The zero-order valence-electron chi connectivity index (χ0n) is 20.2. The summed E-state index contributed by atoms with van der Waals surface area (Å²) < 4.78 is 78.6. The van der Waals surface area contributed by atoms with Crippen LogP contribution in [0.1, 0.15) is 34.2 Å². The van der Waals surface area contributed by atoms with Crippen LogP contribution in [0.2, 0.25) is 0 Å². The Balaban J connectivity index is 1.58. The number of aliphatic imine (C=N–C) groups is 1. The van der Waals surface area contributed by atoms with E-state index in [0.29, 0.717) is 0 Å². The molecule has 0 amide bonds. The summed E-state index contributed by atoms with van der Waals surface area (Å²) in [5.41, 5.74) is 11.7. The van der Waals surface area contributed by atoms with E-state index < -0.39 is 35.7 Å². The first kappa shape index (κ1) is 25.0. The first-order valence-corrected chi connectivity index (χ1v) is 12.1. The van der Waals surface area contributed by atoms with Gasteiger partial charge in [0.25, 0.3) is 0 Å². The molecule has 1 spiro atoms. The van der Waals surface area contributed by atoms with Gasteiger partial charge in [-0.3, -0.25) is 0 Å². The molecule has 2 aliphatic carbocycles. The lowest BCUT2D eigenvalue weighted by atomic mass is 9.70. The number of nitrogens with zero attached hydrogens (tertiary/aromatic N) is 1. The van der Waals surface area contributed by atoms with Crippen molar-refractivity contribution in [3.63, 3.8) is 0 Å². The Morgan fingerprint density at radius 2 is 1.13 bits per heavy atom. The highest BCUT2D eigenvalue weighted by atomic mass is 19.4. The number of amidine groups is 1. The average molecular weight is 535 g/mol. The summed E-state index contributed by atoms with van der Waals surface area (Å²) in [6.45, 7) is 0. The molecule has 0 saturated heterocycles. The smallest absolute Gasteiger partial charge is 0.383 e. The van der Waals surface area contributed by atoms with E-state index in [1.807, 2.05) is 72.8 Å². The molecule has 0 aromatic heterocycles. The Hall–Kier alpha value is -4.33. The molecule has 0 heterocycles. The fourth-order valence-electron chi connectivity index (χ4n) is 5.89. The fourth-order valence-corrected chi connectivity index (χ4v) is 5.89. The maximum absolute atomic E-state index is 13.5. The second-order valence-electron chi connectivity index (χ2n) is 9.55. The van der Waals surface area contributed by atoms with Crippen molar-refractivity contribution in [1.29, 1.82) is 0 Å². The SMILES string of the molecule is N/C(=N\C(=C/CC(F)(F)F)C(F)(F)F)c1ccc2c(c1)C1(c3ccccc3-c3ccccc31)c1ccccc1-2. The summed E-state index contributed by atoms with van der Waals surface area (Å²) in [6.07, 6.45) is -11.7. The van der Waals surface area contributed by atoms with Gasteiger partial charge in [0.05, 0.1) is 11.8 Å². The van der Waals surface area contributed by atoms with Crippen LogP contribution in [-0.4, -0.2) is 18.2 Å². The first-order valence-electron chi connectivity index (χ1n) is 12.1. The number of hydrogen-bond acceptors (Lipinski definition) is 1. The number of rotatable bonds is 3. The monoisotopic (exact) mass is 534 g/mol. The highest BCUT2D eigenvalue weighted by molar-refractivity contribution is 6.01. The lowest BCUT2D eigenvalue weighted by molar-refractivity contribution is -0.126. The molecular weight excluding hydrogens is 514 g/mol. The molecule has 0 atom stereocenters. The Morgan fingerprint density at radius 3 is 1.59 bits per heavy atom. The highest BCUT2D eigenvalue weighted by Crippen LogP contribution is 2.62. The molecule has 0 unspecified atom stereocenters. The third-order valence-electron chi connectivity index (χ3n) is 7.35. The van der Waals surface area contributed by atoms with Crippen molar-refractivity contribution < 1.29 is 26.3 Å². The third-order valence-corrected chi connectivity index (χ3v) is 7.35. The van der Waals surface area contributed by atoms with Gasteiger partial charge in [-0.05, 0) is 56.6 Å². The fraction of sp³-hybridized carbons (Fsp3) is 0.129. The van der Waals surface area contributed by atoms with Gasteiger partial charge < -0.3 is 5.73 Å². The zero-order valence-corrected chi connectivity index (χ0v) is 20.2. The van der Waals surface area contributed by atoms with Crippen molar-refractivity contribution in [3.8, 4) is 22.3 Å². The molecule has 6 rings (SSSR count). The molecule has 0 radical (unpaired) electrons. The minimum absolute atomic E-state index is 0.0149. The van der Waals surface area contributed by atoms with Gasteiger partial charge in [0, 0.05) is 5.56 Å². The number of alkyl halides is 6. The van der Waals surface area contributed by atoms with E-state index in [2.05, 4.69) is 4.99 Å². The zero-order chi connectivity index (χ0) is 27.6. The molecule has 2 nitrogen and oxygen atoms in total. The predicted molar refractivity (Wildman–Crippen MR) is 138 cm³/mol. The molecule has 0 bridgehead atoms. The standard InChI is InChI=1S/C31H20F6N2/c32-29(33,34)16-15-27(31(35,36)37)39-28(38)18-13-14-22-21-9-3-6-12-25(21)30(26(22)17-18)23-10-4-1-7-19(23)20-8-2-5-11-24(20)30/h1-15,17H,16H2,(H2,38,39)/b27-15-. The average Bonchev–Trinajstić information content (AvgIpc) is 3.37. The summed E-state index contributed by atoms with van der Waals surface area (Å²) >= 11 is 0. The molecule has 0 fully saturated rings. The van der Waals surface area contributed by atoms with Gasteiger partial charge in [-0.15, -0.1) is 0 Å². The van der Waals surface area contributed by atoms with Gasteiger partial charge >= 0.3 is 12.4 Å². The van der Waals surface area contributed by atoms with E-state index >= 15 is 0 Å². The largest absolute Gasteiger partial charge is 0.433 e. The Kier molecular flexibility index (Phi) is 5.50. The molecule has 2 aliphatic rings. The van der Waals surface area contributed by atoms with Gasteiger partial charge in [-0.25, -0.2) is 4.99 Å². The van der Waals surface area contributed by atoms with Crippen LogP contribution in [0, 0.1) is 0 Å². The highest BCUT2D eigenvalue weighted by Gasteiger charge is 2.51. The van der Waals surface area contributed by atoms with Gasteiger partial charge in [0.2, 0.25) is 0 Å². The van der Waals surface area contributed by atoms with Crippen molar-refractivity contribution >= 4 is 5.84 Å². The van der Waals surface area contributed by atoms with Gasteiger partial charge in [0.1, 0.15) is 11.5 Å². The second kappa shape index (κ2) is 8.59. The summed E-state index contributed by atoms with van der Waals surface area (Å²) in [7, 11) is 0. The molecule has 39 heavy (non-hydrogen) atoms. The topological polar surface area (TPSA) is 38.4 Å². The van der Waals surface area contributed by atoms with Gasteiger partial charge in [-0.1, -0.05) is 84.9 Å². The van der Waals surface area contributed by atoms with Crippen LogP contribution in [0.5, 0.6) is 0 Å². The van der Waals surface area contributed by atoms with Crippen LogP contribution in [0.15, 0.2) is 108 Å². The van der Waals surface area contributed by atoms with E-state index in [-0.39, 0.29) is 11.6 Å². The maximum Gasteiger partial charge on any atom is 0.433 e.